The number of hydrogen-bond donors (Lipinski definition) is 1. The number of hydrogen-bond acceptors (Lipinski definition) is 2. The first kappa shape index (κ1) is 15.4. The lowest BCUT2D eigenvalue weighted by Crippen LogP contribution is -2.19. The van der Waals surface area contributed by atoms with E-state index in [1.165, 1.54) is 12.8 Å². The topological polar surface area (TPSA) is 29.5 Å². The van der Waals surface area contributed by atoms with Crippen LogP contribution in [0.3, 0.4) is 0 Å². The van der Waals surface area contributed by atoms with Crippen LogP contribution in [0.1, 0.15) is 64.0 Å². The molecule has 0 aromatic heterocycles. The van der Waals surface area contributed by atoms with E-state index in [0.29, 0.717) is 5.92 Å². The summed E-state index contributed by atoms with van der Waals surface area (Å²) >= 11 is 0. The highest BCUT2D eigenvalue weighted by molar-refractivity contribution is 5.28. The molecule has 1 unspecified atom stereocenters. The zero-order valence-corrected chi connectivity index (χ0v) is 12.8. The Balaban J connectivity index is 1.88. The van der Waals surface area contributed by atoms with Gasteiger partial charge in [-0.05, 0) is 48.8 Å². The van der Waals surface area contributed by atoms with E-state index >= 15 is 0 Å². The van der Waals surface area contributed by atoms with Gasteiger partial charge in [0.25, 0.3) is 0 Å². The van der Waals surface area contributed by atoms with Crippen LogP contribution in [0.5, 0.6) is 5.75 Å². The number of benzene rings is 1. The summed E-state index contributed by atoms with van der Waals surface area (Å²) < 4.78 is 5.66. The van der Waals surface area contributed by atoms with Gasteiger partial charge in [0.1, 0.15) is 5.75 Å². The van der Waals surface area contributed by atoms with Crippen LogP contribution >= 0.6 is 0 Å². The molecular formula is C18H28O2. The summed E-state index contributed by atoms with van der Waals surface area (Å²) in [6.07, 6.45) is 6.72. The van der Waals surface area contributed by atoms with Crippen molar-refractivity contribution in [3.8, 4) is 5.75 Å². The number of aliphatic hydroxyl groups is 1. The fourth-order valence-corrected chi connectivity index (χ4v) is 2.97. The normalized spacial score (nSPS) is 24.4. The average molecular weight is 276 g/mol. The van der Waals surface area contributed by atoms with Gasteiger partial charge >= 0.3 is 0 Å². The van der Waals surface area contributed by atoms with Crippen molar-refractivity contribution in [2.75, 3.05) is 6.61 Å². The standard InChI is InChI=1S/C18H28O2/c1-3-4-13-20-17-11-9-16(10-12-17)18(19)15-7-5-14(2)6-8-15/h9-12,14-15,18-19H,3-8,13H2,1-2H3. The summed E-state index contributed by atoms with van der Waals surface area (Å²) in [5, 5.41) is 10.5. The van der Waals surface area contributed by atoms with Crippen molar-refractivity contribution >= 4 is 0 Å². The SMILES string of the molecule is CCCCOc1ccc(C(O)C2CCC(C)CC2)cc1. The lowest BCUT2D eigenvalue weighted by molar-refractivity contribution is 0.0755. The molecule has 1 aromatic rings. The van der Waals surface area contributed by atoms with Crippen LogP contribution in [0.15, 0.2) is 24.3 Å². The first-order valence-electron chi connectivity index (χ1n) is 8.11. The molecule has 0 bridgehead atoms. The van der Waals surface area contributed by atoms with E-state index < -0.39 is 0 Å². The average Bonchev–Trinajstić information content (AvgIpc) is 2.48. The Morgan fingerprint density at radius 2 is 1.80 bits per heavy atom. The highest BCUT2D eigenvalue weighted by atomic mass is 16.5. The van der Waals surface area contributed by atoms with E-state index in [-0.39, 0.29) is 6.10 Å². The molecule has 0 radical (unpaired) electrons. The smallest absolute Gasteiger partial charge is 0.119 e. The molecule has 1 aliphatic rings. The number of ether oxygens (including phenoxy) is 1. The van der Waals surface area contributed by atoms with Crippen molar-refractivity contribution < 1.29 is 9.84 Å². The van der Waals surface area contributed by atoms with Gasteiger partial charge in [-0.25, -0.2) is 0 Å². The second kappa shape index (κ2) is 7.68. The maximum Gasteiger partial charge on any atom is 0.119 e. The second-order valence-corrected chi connectivity index (χ2v) is 6.24. The molecule has 0 aliphatic heterocycles. The Kier molecular flexibility index (Phi) is 5.90. The van der Waals surface area contributed by atoms with Crippen LogP contribution in [0.2, 0.25) is 0 Å². The van der Waals surface area contributed by atoms with E-state index in [1.54, 1.807) is 0 Å². The molecule has 2 heteroatoms. The van der Waals surface area contributed by atoms with Gasteiger partial charge in [0.15, 0.2) is 0 Å². The van der Waals surface area contributed by atoms with Crippen molar-refractivity contribution in [2.45, 2.75) is 58.5 Å². The first-order chi connectivity index (χ1) is 9.70. The lowest BCUT2D eigenvalue weighted by Gasteiger charge is -2.30. The zero-order chi connectivity index (χ0) is 14.4. The maximum atomic E-state index is 10.5. The van der Waals surface area contributed by atoms with E-state index in [2.05, 4.69) is 13.8 Å². The van der Waals surface area contributed by atoms with Crippen LogP contribution in [0.4, 0.5) is 0 Å². The van der Waals surface area contributed by atoms with E-state index in [4.69, 9.17) is 4.74 Å². The minimum atomic E-state index is -0.313. The summed E-state index contributed by atoms with van der Waals surface area (Å²) in [4.78, 5) is 0. The second-order valence-electron chi connectivity index (χ2n) is 6.24. The summed E-state index contributed by atoms with van der Waals surface area (Å²) in [6.45, 7) is 5.25. The summed E-state index contributed by atoms with van der Waals surface area (Å²) in [7, 11) is 0. The quantitative estimate of drug-likeness (QED) is 0.761. The highest BCUT2D eigenvalue weighted by Gasteiger charge is 2.25. The molecule has 1 N–H and O–H groups in total. The van der Waals surface area contributed by atoms with Crippen LogP contribution in [-0.2, 0) is 0 Å². The Morgan fingerprint density at radius 1 is 1.15 bits per heavy atom. The molecule has 1 fully saturated rings. The van der Waals surface area contributed by atoms with E-state index in [9.17, 15) is 5.11 Å². The molecule has 20 heavy (non-hydrogen) atoms. The third-order valence-electron chi connectivity index (χ3n) is 4.50. The monoisotopic (exact) mass is 276 g/mol. The van der Waals surface area contributed by atoms with Crippen LogP contribution in [-0.4, -0.2) is 11.7 Å². The molecule has 2 nitrogen and oxygen atoms in total. The molecule has 0 amide bonds. The molecule has 0 spiro atoms. The molecule has 0 heterocycles. The van der Waals surface area contributed by atoms with Crippen LogP contribution in [0, 0.1) is 11.8 Å². The van der Waals surface area contributed by atoms with Gasteiger partial charge in [-0.1, -0.05) is 45.2 Å². The van der Waals surface area contributed by atoms with Gasteiger partial charge in [0.2, 0.25) is 0 Å². The Labute approximate surface area is 123 Å². The molecule has 0 saturated heterocycles. The third kappa shape index (κ3) is 4.24. The maximum absolute atomic E-state index is 10.5. The molecule has 1 atom stereocenters. The number of aliphatic hydroxyl groups excluding tert-OH is 1. The largest absolute Gasteiger partial charge is 0.494 e. The van der Waals surface area contributed by atoms with Gasteiger partial charge in [0.05, 0.1) is 12.7 Å². The molecular weight excluding hydrogens is 248 g/mol. The van der Waals surface area contributed by atoms with E-state index in [0.717, 1.165) is 49.5 Å². The van der Waals surface area contributed by atoms with E-state index in [1.807, 2.05) is 24.3 Å². The van der Waals surface area contributed by atoms with Gasteiger partial charge in [-0.2, -0.15) is 0 Å². The summed E-state index contributed by atoms with van der Waals surface area (Å²) in [5.41, 5.74) is 1.03. The van der Waals surface area contributed by atoms with Crippen molar-refractivity contribution in [1.82, 2.24) is 0 Å². The molecule has 112 valence electrons. The highest BCUT2D eigenvalue weighted by Crippen LogP contribution is 2.36. The minimum absolute atomic E-state index is 0.313. The Hall–Kier alpha value is -1.02. The molecule has 1 saturated carbocycles. The minimum Gasteiger partial charge on any atom is -0.494 e. The molecule has 1 aromatic carbocycles. The molecule has 1 aliphatic carbocycles. The van der Waals surface area contributed by atoms with Crippen molar-refractivity contribution in [1.29, 1.82) is 0 Å². The summed E-state index contributed by atoms with van der Waals surface area (Å²) in [5.74, 6) is 2.16. The van der Waals surface area contributed by atoms with Crippen LogP contribution in [0.25, 0.3) is 0 Å². The zero-order valence-electron chi connectivity index (χ0n) is 12.8. The first-order valence-corrected chi connectivity index (χ1v) is 8.11. The summed E-state index contributed by atoms with van der Waals surface area (Å²) in [6, 6.07) is 8.01. The Morgan fingerprint density at radius 3 is 2.40 bits per heavy atom. The van der Waals surface area contributed by atoms with Gasteiger partial charge in [-0.3, -0.25) is 0 Å². The molecule has 2 rings (SSSR count). The fraction of sp³-hybridized carbons (Fsp3) is 0.667. The van der Waals surface area contributed by atoms with Crippen molar-refractivity contribution in [2.24, 2.45) is 11.8 Å². The third-order valence-corrected chi connectivity index (χ3v) is 4.50. The lowest BCUT2D eigenvalue weighted by atomic mass is 9.78. The number of rotatable bonds is 6. The van der Waals surface area contributed by atoms with Crippen molar-refractivity contribution in [3.05, 3.63) is 29.8 Å². The van der Waals surface area contributed by atoms with Crippen LogP contribution < -0.4 is 4.74 Å². The fourth-order valence-electron chi connectivity index (χ4n) is 2.97. The predicted octanol–water partition coefficient (Wildman–Crippen LogP) is 4.73. The van der Waals surface area contributed by atoms with Crippen molar-refractivity contribution in [3.63, 3.8) is 0 Å². The van der Waals surface area contributed by atoms with Gasteiger partial charge in [0, 0.05) is 0 Å². The van der Waals surface area contributed by atoms with Gasteiger partial charge < -0.3 is 9.84 Å². The van der Waals surface area contributed by atoms with Gasteiger partial charge in [-0.15, -0.1) is 0 Å². The number of unbranched alkanes of at least 4 members (excludes halogenated alkanes) is 1. The predicted molar refractivity (Wildman–Crippen MR) is 82.9 cm³/mol. The Bertz CT molecular complexity index is 377.